The maximum Gasteiger partial charge on any atom is 0.303 e. The van der Waals surface area contributed by atoms with E-state index in [1.165, 1.54) is 0 Å². The molecule has 0 spiro atoms. The Bertz CT molecular complexity index is 889. The zero-order valence-corrected chi connectivity index (χ0v) is 14.8. The first-order chi connectivity index (χ1) is 13.1. The smallest absolute Gasteiger partial charge is 0.303 e. The minimum Gasteiger partial charge on any atom is -0.489 e. The number of hydrogen-bond acceptors (Lipinski definition) is 4. The fourth-order valence-corrected chi connectivity index (χ4v) is 2.70. The van der Waals surface area contributed by atoms with Gasteiger partial charge in [0.1, 0.15) is 12.4 Å². The van der Waals surface area contributed by atoms with Gasteiger partial charge in [0, 0.05) is 18.2 Å². The summed E-state index contributed by atoms with van der Waals surface area (Å²) in [6, 6.07) is 19.1. The van der Waals surface area contributed by atoms with Crippen molar-refractivity contribution >= 4 is 5.97 Å². The van der Waals surface area contributed by atoms with Crippen molar-refractivity contribution in [3.8, 4) is 17.0 Å². The van der Waals surface area contributed by atoms with Crippen LogP contribution < -0.4 is 4.74 Å². The molecule has 27 heavy (non-hydrogen) atoms. The van der Waals surface area contributed by atoms with Crippen molar-refractivity contribution in [2.24, 2.45) is 0 Å². The summed E-state index contributed by atoms with van der Waals surface area (Å²) in [6.07, 6.45) is 2.30. The number of aliphatic hydroxyl groups is 1. The average Bonchev–Trinajstić information content (AvgIpc) is 2.71. The molecule has 2 N–H and O–H groups in total. The third kappa shape index (κ3) is 5.39. The molecule has 0 radical (unpaired) electrons. The zero-order valence-electron chi connectivity index (χ0n) is 14.8. The Kier molecular flexibility index (Phi) is 6.18. The lowest BCUT2D eigenvalue weighted by molar-refractivity contribution is -0.136. The number of pyridine rings is 1. The van der Waals surface area contributed by atoms with Gasteiger partial charge in [0.15, 0.2) is 0 Å². The molecule has 0 aliphatic rings. The summed E-state index contributed by atoms with van der Waals surface area (Å²) in [6.45, 7) is 0.453. The second-order valence-electron chi connectivity index (χ2n) is 6.24. The van der Waals surface area contributed by atoms with Crippen LogP contribution in [0.3, 0.4) is 0 Å². The van der Waals surface area contributed by atoms with Gasteiger partial charge in [0.2, 0.25) is 0 Å². The molecule has 5 heteroatoms. The summed E-state index contributed by atoms with van der Waals surface area (Å²) in [7, 11) is 0. The number of carboxylic acid groups (broad SMARTS) is 1. The fourth-order valence-electron chi connectivity index (χ4n) is 2.70. The molecule has 0 saturated heterocycles. The number of ether oxygens (including phenoxy) is 1. The van der Waals surface area contributed by atoms with Gasteiger partial charge in [-0.3, -0.25) is 9.78 Å². The summed E-state index contributed by atoms with van der Waals surface area (Å²) in [5, 5.41) is 17.9. The van der Waals surface area contributed by atoms with Crippen LogP contribution in [0, 0.1) is 0 Å². The molecule has 0 aliphatic heterocycles. The predicted octanol–water partition coefficient (Wildman–Crippen LogP) is 3.84. The monoisotopic (exact) mass is 363 g/mol. The summed E-state index contributed by atoms with van der Waals surface area (Å²) in [5.41, 5.74) is 4.57. The van der Waals surface area contributed by atoms with Gasteiger partial charge in [-0.2, -0.15) is 0 Å². The standard InChI is InChI=1S/C22H21NO4/c24-14-17-2-1-3-18(12-17)15-27-20-8-6-19(7-9-20)21-10-4-16(13-23-21)5-11-22(25)26/h1-4,6-10,12-13,24H,5,11,14-15H2,(H,25,26). The highest BCUT2D eigenvalue weighted by atomic mass is 16.5. The van der Waals surface area contributed by atoms with E-state index in [2.05, 4.69) is 4.98 Å². The van der Waals surface area contributed by atoms with Gasteiger partial charge in [0.25, 0.3) is 0 Å². The van der Waals surface area contributed by atoms with E-state index in [0.717, 1.165) is 33.7 Å². The third-order valence-electron chi connectivity index (χ3n) is 4.18. The number of benzene rings is 2. The van der Waals surface area contributed by atoms with Crippen molar-refractivity contribution in [1.29, 1.82) is 0 Å². The van der Waals surface area contributed by atoms with Crippen LogP contribution in [0.1, 0.15) is 23.1 Å². The summed E-state index contributed by atoms with van der Waals surface area (Å²) >= 11 is 0. The molecule has 0 amide bonds. The summed E-state index contributed by atoms with van der Waals surface area (Å²) in [4.78, 5) is 15.0. The number of aromatic nitrogens is 1. The quantitative estimate of drug-likeness (QED) is 0.636. The second-order valence-corrected chi connectivity index (χ2v) is 6.24. The molecule has 0 aliphatic carbocycles. The van der Waals surface area contributed by atoms with Crippen LogP contribution in [0.4, 0.5) is 0 Å². The van der Waals surface area contributed by atoms with Crippen LogP contribution in [-0.2, 0) is 24.4 Å². The van der Waals surface area contributed by atoms with Crippen molar-refractivity contribution < 1.29 is 19.7 Å². The molecule has 3 aromatic rings. The number of carbonyl (C=O) groups is 1. The van der Waals surface area contributed by atoms with Crippen LogP contribution in [0.15, 0.2) is 66.9 Å². The first-order valence-corrected chi connectivity index (χ1v) is 8.72. The number of aliphatic hydroxyl groups excluding tert-OH is 1. The zero-order chi connectivity index (χ0) is 19.1. The Morgan fingerprint density at radius 1 is 0.963 bits per heavy atom. The molecule has 1 aromatic heterocycles. The van der Waals surface area contributed by atoms with E-state index >= 15 is 0 Å². The van der Waals surface area contributed by atoms with Crippen molar-refractivity contribution in [2.45, 2.75) is 26.1 Å². The topological polar surface area (TPSA) is 79.7 Å². The molecule has 1 heterocycles. The Morgan fingerprint density at radius 3 is 2.41 bits per heavy atom. The van der Waals surface area contributed by atoms with Gasteiger partial charge in [-0.15, -0.1) is 0 Å². The van der Waals surface area contributed by atoms with Gasteiger partial charge in [0.05, 0.1) is 12.3 Å². The summed E-state index contributed by atoms with van der Waals surface area (Å²) in [5.74, 6) is -0.0519. The molecule has 5 nitrogen and oxygen atoms in total. The van der Waals surface area contributed by atoms with Gasteiger partial charge in [-0.1, -0.05) is 30.3 Å². The number of rotatable bonds is 8. The molecule has 3 rings (SSSR count). The SMILES string of the molecule is O=C(O)CCc1ccc(-c2ccc(OCc3cccc(CO)c3)cc2)nc1. The lowest BCUT2D eigenvalue weighted by atomic mass is 10.1. The normalized spacial score (nSPS) is 10.6. The van der Waals surface area contributed by atoms with Gasteiger partial charge < -0.3 is 14.9 Å². The second kappa shape index (κ2) is 8.96. The van der Waals surface area contributed by atoms with E-state index in [1.807, 2.05) is 60.7 Å². The highest BCUT2D eigenvalue weighted by molar-refractivity contribution is 5.67. The van der Waals surface area contributed by atoms with E-state index in [-0.39, 0.29) is 13.0 Å². The molecule has 0 fully saturated rings. The van der Waals surface area contributed by atoms with Crippen LogP contribution in [0.5, 0.6) is 5.75 Å². The van der Waals surface area contributed by atoms with Crippen molar-refractivity contribution in [3.63, 3.8) is 0 Å². The molecule has 2 aromatic carbocycles. The van der Waals surface area contributed by atoms with Gasteiger partial charge in [-0.25, -0.2) is 0 Å². The first kappa shape index (κ1) is 18.6. The van der Waals surface area contributed by atoms with Crippen LogP contribution >= 0.6 is 0 Å². The van der Waals surface area contributed by atoms with Crippen LogP contribution in [-0.4, -0.2) is 21.2 Å². The molecular weight excluding hydrogens is 342 g/mol. The van der Waals surface area contributed by atoms with E-state index in [1.54, 1.807) is 6.20 Å². The van der Waals surface area contributed by atoms with E-state index in [9.17, 15) is 9.90 Å². The van der Waals surface area contributed by atoms with E-state index in [0.29, 0.717) is 13.0 Å². The number of aliphatic carboxylic acids is 1. The average molecular weight is 363 g/mol. The number of aryl methyl sites for hydroxylation is 1. The third-order valence-corrected chi connectivity index (χ3v) is 4.18. The predicted molar refractivity (Wildman–Crippen MR) is 102 cm³/mol. The molecule has 0 bridgehead atoms. The Labute approximate surface area is 157 Å². The number of carboxylic acids is 1. The van der Waals surface area contributed by atoms with Crippen molar-refractivity contribution in [3.05, 3.63) is 83.6 Å². The van der Waals surface area contributed by atoms with E-state index < -0.39 is 5.97 Å². The minimum absolute atomic E-state index is 0.0185. The molecule has 0 saturated carbocycles. The molecule has 0 unspecified atom stereocenters. The highest BCUT2D eigenvalue weighted by Crippen LogP contribution is 2.22. The van der Waals surface area contributed by atoms with Crippen LogP contribution in [0.2, 0.25) is 0 Å². The van der Waals surface area contributed by atoms with E-state index in [4.69, 9.17) is 9.84 Å². The summed E-state index contributed by atoms with van der Waals surface area (Å²) < 4.78 is 5.80. The molecular formula is C22H21NO4. The number of nitrogens with zero attached hydrogens (tertiary/aromatic N) is 1. The largest absolute Gasteiger partial charge is 0.489 e. The Balaban J connectivity index is 1.60. The fraction of sp³-hybridized carbons (Fsp3) is 0.182. The van der Waals surface area contributed by atoms with Gasteiger partial charge >= 0.3 is 5.97 Å². The van der Waals surface area contributed by atoms with Gasteiger partial charge in [-0.05, 0) is 53.4 Å². The molecule has 138 valence electrons. The minimum atomic E-state index is -0.808. The lowest BCUT2D eigenvalue weighted by Crippen LogP contribution is -1.98. The highest BCUT2D eigenvalue weighted by Gasteiger charge is 2.04. The first-order valence-electron chi connectivity index (χ1n) is 8.72. The molecule has 0 atom stereocenters. The maximum absolute atomic E-state index is 10.6. The van der Waals surface area contributed by atoms with Crippen molar-refractivity contribution in [1.82, 2.24) is 4.98 Å². The maximum atomic E-state index is 10.6. The van der Waals surface area contributed by atoms with Crippen LogP contribution in [0.25, 0.3) is 11.3 Å². The number of hydrogen-bond donors (Lipinski definition) is 2. The Hall–Kier alpha value is -3.18. The Morgan fingerprint density at radius 2 is 1.74 bits per heavy atom. The lowest BCUT2D eigenvalue weighted by Gasteiger charge is -2.08. The van der Waals surface area contributed by atoms with Crippen molar-refractivity contribution in [2.75, 3.05) is 0 Å².